The van der Waals surface area contributed by atoms with Crippen molar-refractivity contribution in [1.82, 2.24) is 19.9 Å². The molecule has 0 aliphatic heterocycles. The highest BCUT2D eigenvalue weighted by Crippen LogP contribution is 2.22. The number of hydrogen-bond acceptors (Lipinski definition) is 7. The summed E-state index contributed by atoms with van der Waals surface area (Å²) < 4.78 is 16.4. The molecule has 0 bridgehead atoms. The van der Waals surface area contributed by atoms with Crippen molar-refractivity contribution in [3.8, 4) is 23.5 Å². The zero-order valence-corrected chi connectivity index (χ0v) is 18.4. The third kappa shape index (κ3) is 6.16. The number of nitrogens with one attached hydrogen (secondary N) is 1. The van der Waals surface area contributed by atoms with Crippen LogP contribution >= 0.6 is 0 Å². The number of hydrogen-bond donors (Lipinski definition) is 1. The predicted octanol–water partition coefficient (Wildman–Crippen LogP) is 3.88. The van der Waals surface area contributed by atoms with E-state index < -0.39 is 0 Å². The molecule has 0 radical (unpaired) electrons. The maximum atomic E-state index is 12.3. The number of benzene rings is 2. The van der Waals surface area contributed by atoms with Gasteiger partial charge in [0.2, 0.25) is 0 Å². The largest absolute Gasteiger partial charge is 0.467 e. The average molecular weight is 444 g/mol. The van der Waals surface area contributed by atoms with Crippen LogP contribution in [0.25, 0.3) is 0 Å². The summed E-state index contributed by atoms with van der Waals surface area (Å²) in [5.74, 6) is 1.57. The van der Waals surface area contributed by atoms with Crippen LogP contribution in [0, 0.1) is 6.92 Å². The lowest BCUT2D eigenvalue weighted by atomic mass is 10.1. The Balaban J connectivity index is 1.28. The second kappa shape index (κ2) is 10.4. The maximum absolute atomic E-state index is 12.3. The molecule has 168 valence electrons. The highest BCUT2D eigenvalue weighted by atomic mass is 16.5. The molecular formula is C25H24N4O4. The van der Waals surface area contributed by atoms with Crippen molar-refractivity contribution < 1.29 is 14.2 Å². The van der Waals surface area contributed by atoms with E-state index in [2.05, 4.69) is 19.9 Å². The fourth-order valence-corrected chi connectivity index (χ4v) is 3.10. The van der Waals surface area contributed by atoms with E-state index in [4.69, 9.17) is 14.2 Å². The summed E-state index contributed by atoms with van der Waals surface area (Å²) in [5.41, 5.74) is 3.21. The molecular weight excluding hydrogens is 420 g/mol. The number of H-pyrrole nitrogens is 1. The molecule has 0 aliphatic carbocycles. The van der Waals surface area contributed by atoms with Gasteiger partial charge in [0.05, 0.1) is 13.7 Å². The highest BCUT2D eigenvalue weighted by molar-refractivity contribution is 5.34. The lowest BCUT2D eigenvalue weighted by Crippen LogP contribution is -2.16. The topological polar surface area (TPSA) is 99.2 Å². The van der Waals surface area contributed by atoms with Gasteiger partial charge < -0.3 is 19.2 Å². The minimum Gasteiger partial charge on any atom is -0.467 e. The van der Waals surface area contributed by atoms with E-state index in [0.717, 1.165) is 22.6 Å². The summed E-state index contributed by atoms with van der Waals surface area (Å²) in [7, 11) is 1.50. The molecule has 8 heteroatoms. The Labute approximate surface area is 191 Å². The molecule has 2 aromatic carbocycles. The van der Waals surface area contributed by atoms with E-state index in [9.17, 15) is 4.79 Å². The normalized spacial score (nSPS) is 10.6. The number of aromatic nitrogens is 4. The van der Waals surface area contributed by atoms with Gasteiger partial charge in [-0.3, -0.25) is 4.79 Å². The Morgan fingerprint density at radius 1 is 0.909 bits per heavy atom. The van der Waals surface area contributed by atoms with Gasteiger partial charge in [0.25, 0.3) is 11.6 Å². The summed E-state index contributed by atoms with van der Waals surface area (Å²) in [6.07, 6.45) is 5.87. The van der Waals surface area contributed by atoms with Gasteiger partial charge in [-0.1, -0.05) is 29.8 Å². The summed E-state index contributed by atoms with van der Waals surface area (Å²) in [6, 6.07) is 16.2. The molecule has 4 aromatic rings. The lowest BCUT2D eigenvalue weighted by Gasteiger charge is -2.08. The monoisotopic (exact) mass is 444 g/mol. The molecule has 0 saturated carbocycles. The number of nitrogens with zero attached hydrogens (tertiary/aromatic N) is 3. The zero-order chi connectivity index (χ0) is 23.0. The zero-order valence-electron chi connectivity index (χ0n) is 18.4. The van der Waals surface area contributed by atoms with Crippen LogP contribution in [0.4, 0.5) is 0 Å². The first kappa shape index (κ1) is 22.0. The molecule has 33 heavy (non-hydrogen) atoms. The smallest absolute Gasteiger partial charge is 0.316 e. The summed E-state index contributed by atoms with van der Waals surface area (Å²) in [6.45, 7) is 2.42. The number of rotatable bonds is 9. The second-order valence-corrected chi connectivity index (χ2v) is 7.45. The van der Waals surface area contributed by atoms with E-state index in [1.54, 1.807) is 18.6 Å². The summed E-state index contributed by atoms with van der Waals surface area (Å²) >= 11 is 0. The molecule has 0 fully saturated rings. The van der Waals surface area contributed by atoms with Gasteiger partial charge in [-0.15, -0.1) is 0 Å². The van der Waals surface area contributed by atoms with Crippen LogP contribution < -0.4 is 19.8 Å². The molecule has 0 unspecified atom stereocenters. The van der Waals surface area contributed by atoms with Crippen molar-refractivity contribution in [1.29, 1.82) is 0 Å². The minimum absolute atomic E-state index is 0.189. The molecule has 1 N–H and O–H groups in total. The van der Waals surface area contributed by atoms with E-state index >= 15 is 0 Å². The quantitative estimate of drug-likeness (QED) is 0.418. The Morgan fingerprint density at radius 2 is 1.58 bits per heavy atom. The van der Waals surface area contributed by atoms with Gasteiger partial charge in [-0.25, -0.2) is 9.97 Å². The van der Waals surface area contributed by atoms with Gasteiger partial charge in [0.1, 0.15) is 11.5 Å². The van der Waals surface area contributed by atoms with Crippen LogP contribution in [0.3, 0.4) is 0 Å². The van der Waals surface area contributed by atoms with Gasteiger partial charge in [0, 0.05) is 37.0 Å². The van der Waals surface area contributed by atoms with Crippen molar-refractivity contribution in [2.24, 2.45) is 0 Å². The lowest BCUT2D eigenvalue weighted by molar-refractivity contribution is 0.295. The van der Waals surface area contributed by atoms with Crippen LogP contribution in [0.2, 0.25) is 0 Å². The fraction of sp³-hybridized carbons (Fsp3) is 0.200. The first-order chi connectivity index (χ1) is 16.1. The Morgan fingerprint density at radius 3 is 2.21 bits per heavy atom. The number of ether oxygens (including phenoxy) is 3. The van der Waals surface area contributed by atoms with Crippen molar-refractivity contribution in [3.05, 3.63) is 99.7 Å². The van der Waals surface area contributed by atoms with Crippen LogP contribution in [0.5, 0.6) is 23.5 Å². The van der Waals surface area contributed by atoms with E-state index in [0.29, 0.717) is 25.0 Å². The van der Waals surface area contributed by atoms with Crippen molar-refractivity contribution >= 4 is 0 Å². The second-order valence-electron chi connectivity index (χ2n) is 7.45. The maximum Gasteiger partial charge on any atom is 0.316 e. The molecule has 0 amide bonds. The van der Waals surface area contributed by atoms with E-state index in [1.807, 2.05) is 55.5 Å². The molecule has 0 saturated heterocycles. The first-order valence-corrected chi connectivity index (χ1v) is 10.5. The highest BCUT2D eigenvalue weighted by Gasteiger charge is 2.07. The van der Waals surface area contributed by atoms with Crippen molar-refractivity contribution in [2.75, 3.05) is 13.7 Å². The SMILES string of the molecule is COc1ncc(Cc2c[nH]c(OCCc3ccc(Oc4ccc(C)cc4)cc3)nc2=O)cn1. The standard InChI is InChI=1S/C25H24N4O4/c1-17-3-7-21(8-4-17)33-22-9-5-18(6-10-22)11-12-32-25-28-16-20(23(30)29-25)13-19-14-26-24(31-2)27-15-19/h3-10,14-16H,11-13H2,1-2H3,(H,28,29,30). The van der Waals surface area contributed by atoms with E-state index in [1.165, 1.54) is 12.7 Å². The molecule has 0 spiro atoms. The predicted molar refractivity (Wildman–Crippen MR) is 123 cm³/mol. The molecule has 2 aromatic heterocycles. The Hall–Kier alpha value is -4.20. The third-order valence-electron chi connectivity index (χ3n) is 4.92. The first-order valence-electron chi connectivity index (χ1n) is 10.5. The van der Waals surface area contributed by atoms with Crippen molar-refractivity contribution in [2.45, 2.75) is 19.8 Å². The number of aromatic amines is 1. The fourth-order valence-electron chi connectivity index (χ4n) is 3.10. The summed E-state index contributed by atoms with van der Waals surface area (Å²) in [4.78, 5) is 27.3. The Kier molecular flexibility index (Phi) is 6.94. The van der Waals surface area contributed by atoms with Crippen molar-refractivity contribution in [3.63, 3.8) is 0 Å². The number of methoxy groups -OCH3 is 1. The van der Waals surface area contributed by atoms with E-state index in [-0.39, 0.29) is 17.6 Å². The summed E-state index contributed by atoms with van der Waals surface area (Å²) in [5, 5.41) is 0. The van der Waals surface area contributed by atoms with Gasteiger partial charge in [-0.2, -0.15) is 4.98 Å². The minimum atomic E-state index is -0.350. The van der Waals surface area contributed by atoms with Crippen LogP contribution in [0.1, 0.15) is 22.3 Å². The molecule has 8 nitrogen and oxygen atoms in total. The van der Waals surface area contributed by atoms with Crippen LogP contribution in [-0.4, -0.2) is 33.7 Å². The van der Waals surface area contributed by atoms with Gasteiger partial charge in [0.15, 0.2) is 0 Å². The van der Waals surface area contributed by atoms with Crippen LogP contribution in [0.15, 0.2) is 71.9 Å². The molecule has 4 rings (SSSR count). The average Bonchev–Trinajstić information content (AvgIpc) is 2.84. The molecule has 0 aliphatic rings. The molecule has 0 atom stereocenters. The third-order valence-corrected chi connectivity index (χ3v) is 4.92. The number of aryl methyl sites for hydroxylation is 1. The Bertz CT molecular complexity index is 1240. The van der Waals surface area contributed by atoms with Gasteiger partial charge in [-0.05, 0) is 42.3 Å². The van der Waals surface area contributed by atoms with Gasteiger partial charge >= 0.3 is 6.01 Å². The molecule has 2 heterocycles. The van der Waals surface area contributed by atoms with Crippen LogP contribution in [-0.2, 0) is 12.8 Å².